The summed E-state index contributed by atoms with van der Waals surface area (Å²) in [5.74, 6) is -1.18. The zero-order chi connectivity index (χ0) is 11.4. The third kappa shape index (κ3) is 2.92. The van der Waals surface area contributed by atoms with Gasteiger partial charge in [0.2, 0.25) is 0 Å². The molecule has 1 aromatic rings. The standard InChI is InChI=1S/C10H12FNO3/c1-15-9-4-6(11)2-3-7(9)8(12)5-10(13)14/h2-4,8H,5,12H2,1H3,(H,13,14). The number of nitrogens with two attached hydrogens (primary N) is 1. The highest BCUT2D eigenvalue weighted by atomic mass is 19.1. The molecule has 0 aromatic heterocycles. The number of hydrogen-bond acceptors (Lipinski definition) is 3. The van der Waals surface area contributed by atoms with Crippen molar-refractivity contribution < 1.29 is 19.0 Å². The number of rotatable bonds is 4. The molecule has 0 radical (unpaired) electrons. The van der Waals surface area contributed by atoms with E-state index < -0.39 is 17.8 Å². The quantitative estimate of drug-likeness (QED) is 0.790. The molecule has 0 spiro atoms. The zero-order valence-corrected chi connectivity index (χ0v) is 8.24. The van der Waals surface area contributed by atoms with Crippen molar-refractivity contribution in [1.29, 1.82) is 0 Å². The van der Waals surface area contributed by atoms with E-state index in [1.807, 2.05) is 0 Å². The summed E-state index contributed by atoms with van der Waals surface area (Å²) >= 11 is 0. The molecule has 0 aliphatic rings. The number of hydrogen-bond donors (Lipinski definition) is 2. The Morgan fingerprint density at radius 2 is 2.33 bits per heavy atom. The Morgan fingerprint density at radius 3 is 2.87 bits per heavy atom. The largest absolute Gasteiger partial charge is 0.496 e. The lowest BCUT2D eigenvalue weighted by molar-refractivity contribution is -0.137. The van der Waals surface area contributed by atoms with Crippen LogP contribution in [-0.2, 0) is 4.79 Å². The lowest BCUT2D eigenvalue weighted by Crippen LogP contribution is -2.16. The van der Waals surface area contributed by atoms with Gasteiger partial charge < -0.3 is 15.6 Å². The van der Waals surface area contributed by atoms with Gasteiger partial charge in [0, 0.05) is 17.7 Å². The average molecular weight is 213 g/mol. The van der Waals surface area contributed by atoms with Gasteiger partial charge in [0.25, 0.3) is 0 Å². The molecule has 4 nitrogen and oxygen atoms in total. The highest BCUT2D eigenvalue weighted by Crippen LogP contribution is 2.26. The summed E-state index contributed by atoms with van der Waals surface area (Å²) in [6, 6.07) is 3.14. The first-order valence-electron chi connectivity index (χ1n) is 4.35. The molecule has 0 amide bonds. The number of benzene rings is 1. The molecule has 1 atom stereocenters. The van der Waals surface area contributed by atoms with Gasteiger partial charge in [-0.2, -0.15) is 0 Å². The van der Waals surface area contributed by atoms with Gasteiger partial charge in [0.15, 0.2) is 0 Å². The Kier molecular flexibility index (Phi) is 3.62. The number of carboxylic acids is 1. The first-order valence-corrected chi connectivity index (χ1v) is 4.35. The summed E-state index contributed by atoms with van der Waals surface area (Å²) in [5.41, 5.74) is 6.13. The smallest absolute Gasteiger partial charge is 0.305 e. The number of methoxy groups -OCH3 is 1. The van der Waals surface area contributed by atoms with Crippen LogP contribution in [0.15, 0.2) is 18.2 Å². The molecule has 0 aliphatic carbocycles. The monoisotopic (exact) mass is 213 g/mol. The molecule has 0 fully saturated rings. The van der Waals surface area contributed by atoms with E-state index >= 15 is 0 Å². The Labute approximate surface area is 86.5 Å². The molecule has 0 bridgehead atoms. The van der Waals surface area contributed by atoms with E-state index in [0.29, 0.717) is 5.56 Å². The second-order valence-electron chi connectivity index (χ2n) is 3.09. The Morgan fingerprint density at radius 1 is 1.67 bits per heavy atom. The van der Waals surface area contributed by atoms with E-state index in [-0.39, 0.29) is 12.2 Å². The molecule has 0 aliphatic heterocycles. The van der Waals surface area contributed by atoms with Crippen LogP contribution in [0.4, 0.5) is 4.39 Å². The molecule has 0 saturated heterocycles. The first-order chi connectivity index (χ1) is 7.04. The van der Waals surface area contributed by atoms with E-state index in [2.05, 4.69) is 0 Å². The third-order valence-corrected chi connectivity index (χ3v) is 1.99. The topological polar surface area (TPSA) is 72.5 Å². The fourth-order valence-electron chi connectivity index (χ4n) is 1.29. The molecule has 3 N–H and O–H groups in total. The van der Waals surface area contributed by atoms with Gasteiger partial charge in [0.1, 0.15) is 11.6 Å². The molecular weight excluding hydrogens is 201 g/mol. The van der Waals surface area contributed by atoms with Gasteiger partial charge in [-0.25, -0.2) is 4.39 Å². The van der Waals surface area contributed by atoms with Crippen LogP contribution in [0.1, 0.15) is 18.0 Å². The van der Waals surface area contributed by atoms with Gasteiger partial charge in [-0.05, 0) is 6.07 Å². The number of ether oxygens (including phenoxy) is 1. The van der Waals surface area contributed by atoms with Crippen LogP contribution < -0.4 is 10.5 Å². The minimum absolute atomic E-state index is 0.220. The summed E-state index contributed by atoms with van der Waals surface area (Å²) in [6.07, 6.45) is -0.220. The van der Waals surface area contributed by atoms with Gasteiger partial charge in [-0.15, -0.1) is 0 Å². The minimum atomic E-state index is -1.01. The maximum Gasteiger partial charge on any atom is 0.305 e. The van der Waals surface area contributed by atoms with Crippen molar-refractivity contribution in [2.45, 2.75) is 12.5 Å². The molecule has 15 heavy (non-hydrogen) atoms. The number of halogens is 1. The van der Waals surface area contributed by atoms with Crippen molar-refractivity contribution in [3.05, 3.63) is 29.6 Å². The van der Waals surface area contributed by atoms with Gasteiger partial charge in [-0.3, -0.25) is 4.79 Å². The van der Waals surface area contributed by atoms with E-state index in [0.717, 1.165) is 0 Å². The summed E-state index contributed by atoms with van der Waals surface area (Å²) < 4.78 is 17.7. The highest BCUT2D eigenvalue weighted by Gasteiger charge is 2.15. The lowest BCUT2D eigenvalue weighted by Gasteiger charge is -2.13. The number of carbonyl (C=O) groups is 1. The SMILES string of the molecule is COc1cc(F)ccc1C(N)CC(=O)O. The summed E-state index contributed by atoms with van der Waals surface area (Å²) in [6.45, 7) is 0. The van der Waals surface area contributed by atoms with Crippen molar-refractivity contribution >= 4 is 5.97 Å². The molecule has 1 rings (SSSR count). The van der Waals surface area contributed by atoms with E-state index in [4.69, 9.17) is 15.6 Å². The second-order valence-corrected chi connectivity index (χ2v) is 3.09. The van der Waals surface area contributed by atoms with Crippen LogP contribution in [0.5, 0.6) is 5.75 Å². The van der Waals surface area contributed by atoms with Gasteiger partial charge in [-0.1, -0.05) is 6.07 Å². The summed E-state index contributed by atoms with van der Waals surface area (Å²) in [4.78, 5) is 10.5. The van der Waals surface area contributed by atoms with E-state index in [1.54, 1.807) is 0 Å². The number of carboxylic acid groups (broad SMARTS) is 1. The highest BCUT2D eigenvalue weighted by molar-refractivity contribution is 5.68. The lowest BCUT2D eigenvalue weighted by atomic mass is 10.0. The molecular formula is C10H12FNO3. The maximum absolute atomic E-state index is 12.8. The van der Waals surface area contributed by atoms with E-state index in [1.165, 1.54) is 25.3 Å². The first kappa shape index (κ1) is 11.5. The molecule has 0 heterocycles. The fourth-order valence-corrected chi connectivity index (χ4v) is 1.29. The normalized spacial score (nSPS) is 12.2. The molecule has 1 unspecified atom stereocenters. The average Bonchev–Trinajstić information content (AvgIpc) is 2.16. The summed E-state index contributed by atoms with van der Waals surface area (Å²) in [7, 11) is 1.38. The fraction of sp³-hybridized carbons (Fsp3) is 0.300. The Hall–Kier alpha value is -1.62. The van der Waals surface area contributed by atoms with Crippen LogP contribution in [0, 0.1) is 5.82 Å². The molecule has 1 aromatic carbocycles. The zero-order valence-electron chi connectivity index (χ0n) is 8.24. The van der Waals surface area contributed by atoms with Crippen LogP contribution in [0.3, 0.4) is 0 Å². The molecule has 5 heteroatoms. The predicted molar refractivity (Wildman–Crippen MR) is 52.1 cm³/mol. The summed E-state index contributed by atoms with van der Waals surface area (Å²) in [5, 5.41) is 8.57. The van der Waals surface area contributed by atoms with E-state index in [9.17, 15) is 9.18 Å². The minimum Gasteiger partial charge on any atom is -0.496 e. The van der Waals surface area contributed by atoms with Crippen molar-refractivity contribution in [1.82, 2.24) is 0 Å². The van der Waals surface area contributed by atoms with Crippen molar-refractivity contribution in [2.75, 3.05) is 7.11 Å². The molecule has 82 valence electrons. The van der Waals surface area contributed by atoms with Crippen LogP contribution in [0.25, 0.3) is 0 Å². The van der Waals surface area contributed by atoms with Gasteiger partial charge in [0.05, 0.1) is 13.5 Å². The van der Waals surface area contributed by atoms with Crippen LogP contribution in [-0.4, -0.2) is 18.2 Å². The van der Waals surface area contributed by atoms with Crippen LogP contribution >= 0.6 is 0 Å². The van der Waals surface area contributed by atoms with Crippen molar-refractivity contribution in [3.8, 4) is 5.75 Å². The van der Waals surface area contributed by atoms with Crippen molar-refractivity contribution in [3.63, 3.8) is 0 Å². The Bertz CT molecular complexity index is 368. The van der Waals surface area contributed by atoms with Gasteiger partial charge >= 0.3 is 5.97 Å². The molecule has 0 saturated carbocycles. The third-order valence-electron chi connectivity index (χ3n) is 1.99. The van der Waals surface area contributed by atoms with Crippen LogP contribution in [0.2, 0.25) is 0 Å². The second kappa shape index (κ2) is 4.75. The Balaban J connectivity index is 2.97. The number of aliphatic carboxylic acids is 1. The maximum atomic E-state index is 12.8. The predicted octanol–water partition coefficient (Wildman–Crippen LogP) is 1.31. The van der Waals surface area contributed by atoms with Crippen molar-refractivity contribution in [2.24, 2.45) is 5.73 Å².